The van der Waals surface area contributed by atoms with Gasteiger partial charge in [-0.05, 0) is 36.6 Å². The van der Waals surface area contributed by atoms with Crippen LogP contribution in [0.1, 0.15) is 28.2 Å². The lowest BCUT2D eigenvalue weighted by molar-refractivity contribution is 0.0999. The average molecular weight is 344 g/mol. The van der Waals surface area contributed by atoms with Gasteiger partial charge in [0.05, 0.1) is 0 Å². The highest BCUT2D eigenvalue weighted by atomic mass is 16.1. The molecule has 26 heavy (non-hydrogen) atoms. The number of hydrogen-bond donors (Lipinski definition) is 3. The Bertz CT molecular complexity index is 1060. The molecule has 4 N–H and O–H groups in total. The summed E-state index contributed by atoms with van der Waals surface area (Å²) >= 11 is 0. The number of fused-ring (bicyclic) bond motifs is 1. The molecule has 0 aliphatic heterocycles. The molecule has 0 atom stereocenters. The van der Waals surface area contributed by atoms with Crippen molar-refractivity contribution in [3.05, 3.63) is 78.1 Å². The van der Waals surface area contributed by atoms with Crippen LogP contribution in [-0.4, -0.2) is 26.1 Å². The number of H-pyrrole nitrogens is 2. The van der Waals surface area contributed by atoms with E-state index >= 15 is 0 Å². The summed E-state index contributed by atoms with van der Waals surface area (Å²) < 4.78 is 0. The summed E-state index contributed by atoms with van der Waals surface area (Å²) in [4.78, 5) is 19.2. The van der Waals surface area contributed by atoms with Gasteiger partial charge in [0.25, 0.3) is 0 Å². The second-order valence-electron chi connectivity index (χ2n) is 6.05. The summed E-state index contributed by atoms with van der Waals surface area (Å²) in [7, 11) is 0. The van der Waals surface area contributed by atoms with E-state index in [1.54, 1.807) is 6.07 Å². The molecule has 2 aromatic heterocycles. The molecule has 0 bridgehead atoms. The molecule has 0 aliphatic carbocycles. The molecule has 0 spiro atoms. The molecule has 2 heterocycles. The van der Waals surface area contributed by atoms with Crippen molar-refractivity contribution in [3.8, 4) is 11.4 Å². The van der Waals surface area contributed by atoms with Crippen LogP contribution in [0.5, 0.6) is 0 Å². The molecule has 0 saturated heterocycles. The molecule has 0 unspecified atom stereocenters. The first-order chi connectivity index (χ1) is 12.7. The number of aryl methyl sites for hydroxylation is 1. The van der Waals surface area contributed by atoms with Crippen molar-refractivity contribution in [1.29, 1.82) is 0 Å². The number of hydrogen-bond acceptors (Lipinski definition) is 3. The summed E-state index contributed by atoms with van der Waals surface area (Å²) in [5.74, 6) is 0.977. The third-order valence-electron chi connectivity index (χ3n) is 4.37. The van der Waals surface area contributed by atoms with Crippen LogP contribution in [0.3, 0.4) is 0 Å². The zero-order valence-electron chi connectivity index (χ0n) is 14.1. The lowest BCUT2D eigenvalue weighted by atomic mass is 10.0. The third-order valence-corrected chi connectivity index (χ3v) is 4.37. The molecule has 0 saturated carbocycles. The van der Waals surface area contributed by atoms with Crippen molar-refractivity contribution in [2.24, 2.45) is 5.73 Å². The fourth-order valence-corrected chi connectivity index (χ4v) is 3.11. The van der Waals surface area contributed by atoms with Gasteiger partial charge in [-0.1, -0.05) is 30.3 Å². The Labute approximate surface area is 150 Å². The Morgan fingerprint density at radius 1 is 1.12 bits per heavy atom. The molecule has 6 nitrogen and oxygen atoms in total. The number of nitrogens with two attached hydrogens (primary N) is 1. The fourth-order valence-electron chi connectivity index (χ4n) is 3.11. The summed E-state index contributed by atoms with van der Waals surface area (Å²) in [5, 5.41) is 8.39. The van der Waals surface area contributed by atoms with Gasteiger partial charge in [0.15, 0.2) is 5.82 Å². The maximum atomic E-state index is 11.5. The highest BCUT2D eigenvalue weighted by Gasteiger charge is 2.11. The van der Waals surface area contributed by atoms with Gasteiger partial charge in [0, 0.05) is 34.6 Å². The standard InChI is InChI=1S/C20H18N5O/c21-19(26)14-7-2-1-5-13(14)6-3-10-18-23-20(25-24-18)16-8-4-9-17-15(16)11-12-22-17/h1-2,4-5,7-12,22H,3,6H2,(H2,21,26)(H,23,24,25). The number of aromatic nitrogens is 4. The largest absolute Gasteiger partial charge is 0.366 e. The number of benzene rings is 2. The first kappa shape index (κ1) is 16.1. The monoisotopic (exact) mass is 344 g/mol. The molecule has 4 aromatic rings. The van der Waals surface area contributed by atoms with Crippen molar-refractivity contribution in [2.45, 2.75) is 12.8 Å². The number of nitrogens with zero attached hydrogens (tertiary/aromatic N) is 2. The van der Waals surface area contributed by atoms with E-state index in [2.05, 4.69) is 20.2 Å². The Morgan fingerprint density at radius 2 is 2.00 bits per heavy atom. The summed E-state index contributed by atoms with van der Waals surface area (Å²) in [6.45, 7) is 0. The average Bonchev–Trinajstić information content (AvgIpc) is 3.31. The maximum Gasteiger partial charge on any atom is 0.248 e. The normalized spacial score (nSPS) is 11.1. The molecular formula is C20H18N5O. The molecule has 129 valence electrons. The number of amides is 1. The number of primary amides is 1. The van der Waals surface area contributed by atoms with E-state index in [9.17, 15) is 4.79 Å². The van der Waals surface area contributed by atoms with Crippen LogP contribution < -0.4 is 5.73 Å². The first-order valence-electron chi connectivity index (χ1n) is 8.42. The quantitative estimate of drug-likeness (QED) is 0.500. The van der Waals surface area contributed by atoms with Crippen molar-refractivity contribution in [2.75, 3.05) is 0 Å². The van der Waals surface area contributed by atoms with Crippen LogP contribution >= 0.6 is 0 Å². The minimum atomic E-state index is -0.401. The van der Waals surface area contributed by atoms with Crippen LogP contribution in [0, 0.1) is 6.42 Å². The third kappa shape index (κ3) is 3.09. The number of rotatable bonds is 6. The minimum absolute atomic E-state index is 0.401. The summed E-state index contributed by atoms with van der Waals surface area (Å²) in [6.07, 6.45) is 5.32. The van der Waals surface area contributed by atoms with E-state index in [0.29, 0.717) is 23.6 Å². The van der Waals surface area contributed by atoms with Crippen molar-refractivity contribution >= 4 is 16.8 Å². The second kappa shape index (κ2) is 6.84. The van der Waals surface area contributed by atoms with Crippen LogP contribution in [0.25, 0.3) is 22.3 Å². The molecule has 0 fully saturated rings. The predicted octanol–water partition coefficient (Wildman–Crippen LogP) is 3.24. The van der Waals surface area contributed by atoms with Crippen LogP contribution in [-0.2, 0) is 6.42 Å². The highest BCUT2D eigenvalue weighted by Crippen LogP contribution is 2.25. The SMILES string of the molecule is NC(=O)c1ccccc1CC[CH]c1nc(-c2cccc3[nH]ccc23)n[nH]1. The Morgan fingerprint density at radius 3 is 2.88 bits per heavy atom. The fraction of sp³-hybridized carbons (Fsp3) is 0.100. The van der Waals surface area contributed by atoms with Crippen LogP contribution in [0.2, 0.25) is 0 Å². The van der Waals surface area contributed by atoms with E-state index in [1.807, 2.05) is 55.1 Å². The second-order valence-corrected chi connectivity index (χ2v) is 6.05. The summed E-state index contributed by atoms with van der Waals surface area (Å²) in [6, 6.07) is 15.4. The van der Waals surface area contributed by atoms with Gasteiger partial charge in [0.1, 0.15) is 5.82 Å². The number of carbonyl (C=O) groups excluding carboxylic acids is 1. The van der Waals surface area contributed by atoms with E-state index in [4.69, 9.17) is 5.73 Å². The van der Waals surface area contributed by atoms with Crippen LogP contribution in [0.4, 0.5) is 0 Å². The highest BCUT2D eigenvalue weighted by molar-refractivity contribution is 5.94. The Balaban J connectivity index is 1.47. The van der Waals surface area contributed by atoms with Gasteiger partial charge >= 0.3 is 0 Å². The van der Waals surface area contributed by atoms with Gasteiger partial charge in [0.2, 0.25) is 5.91 Å². The van der Waals surface area contributed by atoms with E-state index < -0.39 is 5.91 Å². The van der Waals surface area contributed by atoms with Crippen molar-refractivity contribution in [3.63, 3.8) is 0 Å². The van der Waals surface area contributed by atoms with Gasteiger partial charge in [-0.15, -0.1) is 0 Å². The van der Waals surface area contributed by atoms with E-state index in [-0.39, 0.29) is 0 Å². The van der Waals surface area contributed by atoms with E-state index in [0.717, 1.165) is 28.5 Å². The molecule has 2 aromatic carbocycles. The lowest BCUT2D eigenvalue weighted by Gasteiger charge is -2.05. The number of nitrogens with one attached hydrogen (secondary N) is 2. The van der Waals surface area contributed by atoms with Gasteiger partial charge < -0.3 is 10.7 Å². The lowest BCUT2D eigenvalue weighted by Crippen LogP contribution is -2.13. The molecule has 1 amide bonds. The number of carbonyl (C=O) groups is 1. The molecule has 6 heteroatoms. The summed E-state index contributed by atoms with van der Waals surface area (Å²) in [5.41, 5.74) is 8.97. The molecule has 0 aliphatic rings. The van der Waals surface area contributed by atoms with Crippen molar-refractivity contribution < 1.29 is 4.79 Å². The smallest absolute Gasteiger partial charge is 0.248 e. The van der Waals surface area contributed by atoms with Gasteiger partial charge in [-0.3, -0.25) is 9.89 Å². The zero-order valence-corrected chi connectivity index (χ0v) is 14.1. The van der Waals surface area contributed by atoms with E-state index in [1.165, 1.54) is 0 Å². The maximum absolute atomic E-state index is 11.5. The minimum Gasteiger partial charge on any atom is -0.366 e. The predicted molar refractivity (Wildman–Crippen MR) is 100 cm³/mol. The topological polar surface area (TPSA) is 100 Å². The van der Waals surface area contributed by atoms with Gasteiger partial charge in [-0.25, -0.2) is 4.98 Å². The molecular weight excluding hydrogens is 326 g/mol. The number of aromatic amines is 2. The molecule has 1 radical (unpaired) electrons. The van der Waals surface area contributed by atoms with Crippen LogP contribution in [0.15, 0.2) is 54.7 Å². The van der Waals surface area contributed by atoms with Gasteiger partial charge in [-0.2, -0.15) is 5.10 Å². The molecule has 4 rings (SSSR count). The van der Waals surface area contributed by atoms with Crippen molar-refractivity contribution in [1.82, 2.24) is 20.2 Å². The zero-order chi connectivity index (χ0) is 17.9. The Kier molecular flexibility index (Phi) is 4.23. The Hall–Kier alpha value is -3.41. The first-order valence-corrected chi connectivity index (χ1v) is 8.42.